The minimum atomic E-state index is -0.373. The fourth-order valence-corrected chi connectivity index (χ4v) is 2.89. The predicted octanol–water partition coefficient (Wildman–Crippen LogP) is 3.28. The second-order valence-electron chi connectivity index (χ2n) is 5.40. The topological polar surface area (TPSA) is 85.1 Å². The SMILES string of the molecule is CC(=O)Cc1nsc(NC(=O)c2oc3ccc(C)cc3c2C)n1. The summed E-state index contributed by atoms with van der Waals surface area (Å²) in [6, 6.07) is 5.77. The molecule has 1 N–H and O–H groups in total. The number of ketones is 1. The van der Waals surface area contributed by atoms with Gasteiger partial charge in [0.1, 0.15) is 11.4 Å². The lowest BCUT2D eigenvalue weighted by Gasteiger charge is -1.98. The zero-order valence-electron chi connectivity index (χ0n) is 13.0. The quantitative estimate of drug-likeness (QED) is 0.794. The molecule has 118 valence electrons. The number of hydrogen-bond donors (Lipinski definition) is 1. The Morgan fingerprint density at radius 2 is 2.09 bits per heavy atom. The first-order valence-electron chi connectivity index (χ1n) is 7.07. The van der Waals surface area contributed by atoms with E-state index in [1.54, 1.807) is 0 Å². The Balaban J connectivity index is 1.84. The van der Waals surface area contributed by atoms with Crippen molar-refractivity contribution >= 4 is 39.3 Å². The molecular formula is C16H15N3O3S. The molecule has 0 radical (unpaired) electrons. The van der Waals surface area contributed by atoms with Gasteiger partial charge in [-0.15, -0.1) is 0 Å². The third kappa shape index (κ3) is 3.14. The van der Waals surface area contributed by atoms with Crippen LogP contribution < -0.4 is 5.32 Å². The summed E-state index contributed by atoms with van der Waals surface area (Å²) in [5.41, 5.74) is 2.56. The summed E-state index contributed by atoms with van der Waals surface area (Å²) < 4.78 is 9.69. The number of carbonyl (C=O) groups is 2. The van der Waals surface area contributed by atoms with Crippen LogP contribution in [0.15, 0.2) is 22.6 Å². The maximum Gasteiger partial charge on any atom is 0.293 e. The van der Waals surface area contributed by atoms with Crippen molar-refractivity contribution < 1.29 is 14.0 Å². The molecule has 3 aromatic rings. The highest BCUT2D eigenvalue weighted by molar-refractivity contribution is 7.09. The Morgan fingerprint density at radius 1 is 1.30 bits per heavy atom. The molecule has 0 saturated heterocycles. The van der Waals surface area contributed by atoms with Crippen molar-refractivity contribution in [3.05, 3.63) is 40.9 Å². The van der Waals surface area contributed by atoms with Gasteiger partial charge >= 0.3 is 0 Å². The lowest BCUT2D eigenvalue weighted by Crippen LogP contribution is -2.12. The van der Waals surface area contributed by atoms with E-state index in [0.29, 0.717) is 16.5 Å². The van der Waals surface area contributed by atoms with Crippen LogP contribution in [-0.2, 0) is 11.2 Å². The van der Waals surface area contributed by atoms with Crippen LogP contribution in [0, 0.1) is 13.8 Å². The second-order valence-corrected chi connectivity index (χ2v) is 6.16. The number of hydrogen-bond acceptors (Lipinski definition) is 6. The molecule has 0 spiro atoms. The van der Waals surface area contributed by atoms with E-state index in [-0.39, 0.29) is 23.9 Å². The number of aromatic nitrogens is 2. The number of aryl methyl sites for hydroxylation is 2. The maximum atomic E-state index is 12.4. The van der Waals surface area contributed by atoms with Gasteiger partial charge < -0.3 is 4.42 Å². The molecule has 1 amide bonds. The van der Waals surface area contributed by atoms with Crippen molar-refractivity contribution in [3.8, 4) is 0 Å². The monoisotopic (exact) mass is 329 g/mol. The van der Waals surface area contributed by atoms with Crippen LogP contribution in [0.1, 0.15) is 34.4 Å². The van der Waals surface area contributed by atoms with Gasteiger partial charge in [0.2, 0.25) is 5.13 Å². The molecule has 1 aromatic carbocycles. The molecule has 7 heteroatoms. The van der Waals surface area contributed by atoms with Gasteiger partial charge in [-0.1, -0.05) is 11.6 Å². The highest BCUT2D eigenvalue weighted by Crippen LogP contribution is 2.27. The molecule has 0 aliphatic carbocycles. The summed E-state index contributed by atoms with van der Waals surface area (Å²) >= 11 is 1.04. The third-order valence-electron chi connectivity index (χ3n) is 3.39. The Hall–Kier alpha value is -2.54. The van der Waals surface area contributed by atoms with E-state index < -0.39 is 0 Å². The van der Waals surface area contributed by atoms with Crippen LogP contribution >= 0.6 is 11.5 Å². The van der Waals surface area contributed by atoms with Crippen molar-refractivity contribution in [1.82, 2.24) is 9.36 Å². The Bertz CT molecular complexity index is 911. The van der Waals surface area contributed by atoms with Gasteiger partial charge in [0.25, 0.3) is 5.91 Å². The molecule has 0 saturated carbocycles. The first kappa shape index (κ1) is 15.4. The number of amides is 1. The number of carbonyl (C=O) groups excluding carboxylic acids is 2. The third-order valence-corrected chi connectivity index (χ3v) is 4.06. The Morgan fingerprint density at radius 3 is 2.83 bits per heavy atom. The molecular weight excluding hydrogens is 314 g/mol. The minimum absolute atomic E-state index is 0.0239. The summed E-state index contributed by atoms with van der Waals surface area (Å²) in [4.78, 5) is 27.6. The van der Waals surface area contributed by atoms with Crippen LogP contribution in [0.25, 0.3) is 11.0 Å². The maximum absolute atomic E-state index is 12.4. The largest absolute Gasteiger partial charge is 0.451 e. The lowest BCUT2D eigenvalue weighted by molar-refractivity contribution is -0.116. The first-order valence-corrected chi connectivity index (χ1v) is 7.84. The highest BCUT2D eigenvalue weighted by Gasteiger charge is 2.19. The smallest absolute Gasteiger partial charge is 0.293 e. The number of furan rings is 1. The molecule has 0 aliphatic rings. The lowest BCUT2D eigenvalue weighted by atomic mass is 10.1. The summed E-state index contributed by atoms with van der Waals surface area (Å²) in [5.74, 6) is 0.273. The van der Waals surface area contributed by atoms with Gasteiger partial charge in [0.05, 0.1) is 6.42 Å². The zero-order chi connectivity index (χ0) is 16.6. The molecule has 0 bridgehead atoms. The number of nitrogens with one attached hydrogen (secondary N) is 1. The van der Waals surface area contributed by atoms with E-state index in [1.165, 1.54) is 6.92 Å². The average Bonchev–Trinajstić information content (AvgIpc) is 3.03. The van der Waals surface area contributed by atoms with Gasteiger partial charge in [0.15, 0.2) is 11.6 Å². The van der Waals surface area contributed by atoms with Gasteiger partial charge in [0, 0.05) is 22.5 Å². The van der Waals surface area contributed by atoms with Crippen LogP contribution in [0.3, 0.4) is 0 Å². The number of Topliss-reactive ketones (excluding diaryl/α,β-unsaturated/α-hetero) is 1. The first-order chi connectivity index (χ1) is 10.9. The fourth-order valence-electron chi connectivity index (χ4n) is 2.30. The fraction of sp³-hybridized carbons (Fsp3) is 0.250. The van der Waals surface area contributed by atoms with Gasteiger partial charge in [-0.05, 0) is 32.9 Å². The summed E-state index contributed by atoms with van der Waals surface area (Å²) in [7, 11) is 0. The Kier molecular flexibility index (Phi) is 3.96. The molecule has 2 aromatic heterocycles. The summed E-state index contributed by atoms with van der Waals surface area (Å²) in [5, 5.41) is 3.94. The van der Waals surface area contributed by atoms with Crippen molar-refractivity contribution in [3.63, 3.8) is 0 Å². The van der Waals surface area contributed by atoms with Crippen LogP contribution in [0.2, 0.25) is 0 Å². The molecule has 0 unspecified atom stereocenters. The van der Waals surface area contributed by atoms with Crippen molar-refractivity contribution in [2.75, 3.05) is 5.32 Å². The average molecular weight is 329 g/mol. The molecule has 0 atom stereocenters. The standard InChI is InChI=1S/C16H15N3O3S/c1-8-4-5-12-11(6-8)10(3)14(22-12)15(21)18-16-17-13(19-23-16)7-9(2)20/h4-6H,7H2,1-3H3,(H,17,18,19,21). The van der Waals surface area contributed by atoms with E-state index in [0.717, 1.165) is 28.0 Å². The number of anilines is 1. The van der Waals surface area contributed by atoms with E-state index in [4.69, 9.17) is 4.42 Å². The molecule has 0 aliphatic heterocycles. The zero-order valence-corrected chi connectivity index (χ0v) is 13.8. The second kappa shape index (κ2) is 5.92. The van der Waals surface area contributed by atoms with E-state index in [9.17, 15) is 9.59 Å². The van der Waals surface area contributed by atoms with E-state index >= 15 is 0 Å². The van der Waals surface area contributed by atoms with Crippen molar-refractivity contribution in [1.29, 1.82) is 0 Å². The Labute approximate surface area is 136 Å². The number of rotatable bonds is 4. The molecule has 3 rings (SSSR count). The van der Waals surface area contributed by atoms with Crippen LogP contribution in [-0.4, -0.2) is 21.0 Å². The summed E-state index contributed by atoms with van der Waals surface area (Å²) in [6.07, 6.45) is 0.162. The van der Waals surface area contributed by atoms with Crippen LogP contribution in [0.4, 0.5) is 5.13 Å². The number of benzene rings is 1. The normalized spacial score (nSPS) is 10.9. The molecule has 2 heterocycles. The van der Waals surface area contributed by atoms with E-state index in [2.05, 4.69) is 14.7 Å². The molecule has 23 heavy (non-hydrogen) atoms. The number of nitrogens with zero attached hydrogens (tertiary/aromatic N) is 2. The van der Waals surface area contributed by atoms with Crippen molar-refractivity contribution in [2.45, 2.75) is 27.2 Å². The molecule has 0 fully saturated rings. The molecule has 6 nitrogen and oxygen atoms in total. The van der Waals surface area contributed by atoms with Gasteiger partial charge in [-0.25, -0.2) is 4.98 Å². The van der Waals surface area contributed by atoms with Crippen LogP contribution in [0.5, 0.6) is 0 Å². The minimum Gasteiger partial charge on any atom is -0.451 e. The number of fused-ring (bicyclic) bond motifs is 1. The predicted molar refractivity (Wildman–Crippen MR) is 87.9 cm³/mol. The van der Waals surface area contributed by atoms with Crippen molar-refractivity contribution in [2.24, 2.45) is 0 Å². The summed E-state index contributed by atoms with van der Waals surface area (Å²) in [6.45, 7) is 5.31. The highest BCUT2D eigenvalue weighted by atomic mass is 32.1. The van der Waals surface area contributed by atoms with Gasteiger partial charge in [-0.3, -0.25) is 14.9 Å². The van der Waals surface area contributed by atoms with E-state index in [1.807, 2.05) is 32.0 Å². The van der Waals surface area contributed by atoms with Gasteiger partial charge in [-0.2, -0.15) is 4.37 Å².